The zero-order valence-electron chi connectivity index (χ0n) is 14.3. The Morgan fingerprint density at radius 2 is 1.75 bits per heavy atom. The number of carbonyl (C=O) groups excluding carboxylic acids is 1. The molecule has 0 spiro atoms. The van der Waals surface area contributed by atoms with Gasteiger partial charge in [-0.1, -0.05) is 56.3 Å². The Balaban J connectivity index is 2.07. The number of nitrogens with zero attached hydrogens (tertiary/aromatic N) is 1. The third-order valence-electron chi connectivity index (χ3n) is 3.84. The lowest BCUT2D eigenvalue weighted by atomic mass is 10.0. The van der Waals surface area contributed by atoms with Crippen LogP contribution in [0, 0.1) is 0 Å². The molecule has 0 radical (unpaired) electrons. The first-order valence-electron chi connectivity index (χ1n) is 8.31. The third-order valence-corrected chi connectivity index (χ3v) is 3.84. The lowest BCUT2D eigenvalue weighted by Crippen LogP contribution is -2.32. The van der Waals surface area contributed by atoms with E-state index >= 15 is 0 Å². The van der Waals surface area contributed by atoms with Crippen molar-refractivity contribution in [1.82, 2.24) is 0 Å². The lowest BCUT2D eigenvalue weighted by Gasteiger charge is -2.22. The smallest absolute Gasteiger partial charge is 0.414 e. The molecule has 0 aliphatic heterocycles. The molecule has 4 heteroatoms. The van der Waals surface area contributed by atoms with E-state index in [0.29, 0.717) is 18.9 Å². The maximum atomic E-state index is 12.5. The van der Waals surface area contributed by atoms with Gasteiger partial charge in [0.2, 0.25) is 0 Å². The van der Waals surface area contributed by atoms with Crippen LogP contribution in [-0.2, 0) is 11.3 Å². The first kappa shape index (κ1) is 18.0. The van der Waals surface area contributed by atoms with Crippen LogP contribution in [0.4, 0.5) is 10.5 Å². The predicted molar refractivity (Wildman–Crippen MR) is 96.2 cm³/mol. The lowest BCUT2D eigenvalue weighted by molar-refractivity contribution is 0.146. The highest BCUT2D eigenvalue weighted by Gasteiger charge is 2.17. The van der Waals surface area contributed by atoms with Gasteiger partial charge in [0.15, 0.2) is 0 Å². The zero-order valence-corrected chi connectivity index (χ0v) is 14.3. The van der Waals surface area contributed by atoms with E-state index in [4.69, 9.17) is 9.84 Å². The van der Waals surface area contributed by atoms with Crippen molar-refractivity contribution in [3.63, 3.8) is 0 Å². The van der Waals surface area contributed by atoms with Crippen LogP contribution in [-0.4, -0.2) is 24.4 Å². The van der Waals surface area contributed by atoms with Gasteiger partial charge in [0.1, 0.15) is 6.61 Å². The van der Waals surface area contributed by atoms with E-state index in [1.807, 2.05) is 54.6 Å². The van der Waals surface area contributed by atoms with Crippen LogP contribution < -0.4 is 4.90 Å². The summed E-state index contributed by atoms with van der Waals surface area (Å²) in [6, 6.07) is 17.5. The molecule has 1 N–H and O–H groups in total. The van der Waals surface area contributed by atoms with Gasteiger partial charge in [-0.15, -0.1) is 0 Å². The van der Waals surface area contributed by atoms with Crippen molar-refractivity contribution in [2.75, 3.05) is 18.1 Å². The summed E-state index contributed by atoms with van der Waals surface area (Å²) in [5, 5.41) is 9.09. The average molecular weight is 327 g/mol. The standard InChI is InChI=1S/C20H25NO3/c1-16(2)18-9-11-19(12-10-18)21(13-6-14-22)20(23)24-15-17-7-4-3-5-8-17/h3-5,7-12,16,22H,6,13-15H2,1-2H3. The fourth-order valence-corrected chi connectivity index (χ4v) is 2.39. The monoisotopic (exact) mass is 327 g/mol. The molecule has 0 heterocycles. The van der Waals surface area contributed by atoms with Crippen molar-refractivity contribution in [2.45, 2.75) is 32.8 Å². The molecular formula is C20H25NO3. The summed E-state index contributed by atoms with van der Waals surface area (Å²) in [4.78, 5) is 14.0. The summed E-state index contributed by atoms with van der Waals surface area (Å²) in [5.41, 5.74) is 2.95. The number of carbonyl (C=O) groups is 1. The van der Waals surface area contributed by atoms with Crippen molar-refractivity contribution < 1.29 is 14.6 Å². The molecule has 4 nitrogen and oxygen atoms in total. The van der Waals surface area contributed by atoms with Gasteiger partial charge >= 0.3 is 6.09 Å². The Morgan fingerprint density at radius 3 is 2.33 bits per heavy atom. The van der Waals surface area contributed by atoms with Crippen molar-refractivity contribution in [1.29, 1.82) is 0 Å². The summed E-state index contributed by atoms with van der Waals surface area (Å²) in [5.74, 6) is 0.440. The predicted octanol–water partition coefficient (Wildman–Crippen LogP) is 4.34. The van der Waals surface area contributed by atoms with Crippen LogP contribution in [0.1, 0.15) is 37.3 Å². The van der Waals surface area contributed by atoms with Gasteiger partial charge in [0.05, 0.1) is 0 Å². The molecule has 0 aliphatic rings. The second kappa shape index (κ2) is 9.08. The Kier molecular flexibility index (Phi) is 6.82. The molecule has 0 saturated heterocycles. The topological polar surface area (TPSA) is 49.8 Å². The molecule has 2 rings (SSSR count). The maximum Gasteiger partial charge on any atom is 0.414 e. The van der Waals surface area contributed by atoms with Crippen LogP contribution in [0.25, 0.3) is 0 Å². The Bertz CT molecular complexity index is 623. The number of rotatable bonds is 7. The maximum absolute atomic E-state index is 12.5. The molecule has 0 fully saturated rings. The molecule has 0 unspecified atom stereocenters. The van der Waals surface area contributed by atoms with Crippen molar-refractivity contribution in [2.24, 2.45) is 0 Å². The minimum atomic E-state index is -0.399. The van der Waals surface area contributed by atoms with Gasteiger partial charge in [0.25, 0.3) is 0 Å². The molecule has 2 aromatic carbocycles. The molecule has 0 aliphatic carbocycles. The van der Waals surface area contributed by atoms with Gasteiger partial charge in [-0.2, -0.15) is 0 Å². The summed E-state index contributed by atoms with van der Waals surface area (Å²) < 4.78 is 5.42. The minimum absolute atomic E-state index is 0.0343. The van der Waals surface area contributed by atoms with E-state index in [2.05, 4.69) is 13.8 Å². The first-order chi connectivity index (χ1) is 11.6. The molecule has 0 aromatic heterocycles. The Labute approximate surface area is 143 Å². The largest absolute Gasteiger partial charge is 0.444 e. The summed E-state index contributed by atoms with van der Waals surface area (Å²) in [7, 11) is 0. The SMILES string of the molecule is CC(C)c1ccc(N(CCCO)C(=O)OCc2ccccc2)cc1. The second-order valence-electron chi connectivity index (χ2n) is 6.02. The van der Waals surface area contributed by atoms with Crippen molar-refractivity contribution in [3.05, 3.63) is 65.7 Å². The normalized spacial score (nSPS) is 10.7. The zero-order chi connectivity index (χ0) is 17.4. The number of anilines is 1. The Hall–Kier alpha value is -2.33. The molecule has 24 heavy (non-hydrogen) atoms. The quantitative estimate of drug-likeness (QED) is 0.823. The highest BCUT2D eigenvalue weighted by Crippen LogP contribution is 2.21. The fraction of sp³-hybridized carbons (Fsp3) is 0.350. The molecule has 0 bridgehead atoms. The number of aliphatic hydroxyl groups excluding tert-OH is 1. The van der Waals surface area contributed by atoms with E-state index in [9.17, 15) is 4.79 Å². The van der Waals surface area contributed by atoms with Crippen LogP contribution >= 0.6 is 0 Å². The van der Waals surface area contributed by atoms with E-state index in [-0.39, 0.29) is 13.2 Å². The fourth-order valence-electron chi connectivity index (χ4n) is 2.39. The summed E-state index contributed by atoms with van der Waals surface area (Å²) in [6.45, 7) is 4.95. The molecule has 0 saturated carbocycles. The number of ether oxygens (including phenoxy) is 1. The Morgan fingerprint density at radius 1 is 1.08 bits per heavy atom. The molecule has 0 atom stereocenters. The van der Waals surface area contributed by atoms with Gasteiger partial charge in [-0.05, 0) is 35.6 Å². The van der Waals surface area contributed by atoms with Gasteiger partial charge in [-0.25, -0.2) is 4.79 Å². The van der Waals surface area contributed by atoms with E-state index < -0.39 is 6.09 Å². The molecule has 1 amide bonds. The van der Waals surface area contributed by atoms with E-state index in [0.717, 1.165) is 11.3 Å². The van der Waals surface area contributed by atoms with Crippen LogP contribution in [0.3, 0.4) is 0 Å². The average Bonchev–Trinajstić information content (AvgIpc) is 2.61. The van der Waals surface area contributed by atoms with Gasteiger partial charge in [0, 0.05) is 18.8 Å². The summed E-state index contributed by atoms with van der Waals surface area (Å²) >= 11 is 0. The molecule has 128 valence electrons. The number of benzene rings is 2. The summed E-state index contributed by atoms with van der Waals surface area (Å²) in [6.07, 6.45) is 0.108. The van der Waals surface area contributed by atoms with E-state index in [1.54, 1.807) is 4.90 Å². The van der Waals surface area contributed by atoms with Crippen LogP contribution in [0.5, 0.6) is 0 Å². The highest BCUT2D eigenvalue weighted by atomic mass is 16.6. The number of hydrogen-bond acceptors (Lipinski definition) is 3. The van der Waals surface area contributed by atoms with Crippen LogP contribution in [0.2, 0.25) is 0 Å². The first-order valence-corrected chi connectivity index (χ1v) is 8.31. The van der Waals surface area contributed by atoms with Crippen molar-refractivity contribution in [3.8, 4) is 0 Å². The third kappa shape index (κ3) is 5.10. The van der Waals surface area contributed by atoms with Gasteiger partial charge < -0.3 is 9.84 Å². The number of aliphatic hydroxyl groups is 1. The van der Waals surface area contributed by atoms with Crippen molar-refractivity contribution >= 4 is 11.8 Å². The number of hydrogen-bond donors (Lipinski definition) is 1. The highest BCUT2D eigenvalue weighted by molar-refractivity contribution is 5.87. The van der Waals surface area contributed by atoms with Gasteiger partial charge in [-0.3, -0.25) is 4.90 Å². The molecule has 2 aromatic rings. The van der Waals surface area contributed by atoms with E-state index in [1.165, 1.54) is 5.56 Å². The van der Waals surface area contributed by atoms with Crippen LogP contribution in [0.15, 0.2) is 54.6 Å². The number of amides is 1. The molecular weight excluding hydrogens is 302 g/mol. The second-order valence-corrected chi connectivity index (χ2v) is 6.02. The minimum Gasteiger partial charge on any atom is -0.444 e.